The van der Waals surface area contributed by atoms with E-state index < -0.39 is 11.9 Å². The van der Waals surface area contributed by atoms with E-state index in [9.17, 15) is 14.0 Å². The summed E-state index contributed by atoms with van der Waals surface area (Å²) in [4.78, 5) is 25.9. The summed E-state index contributed by atoms with van der Waals surface area (Å²) in [6.07, 6.45) is 6.38. The molecule has 2 heterocycles. The molecule has 1 aliphatic heterocycles. The first-order valence-electron chi connectivity index (χ1n) is 11.9. The van der Waals surface area contributed by atoms with Gasteiger partial charge in [0.05, 0.1) is 5.56 Å². The second-order valence-corrected chi connectivity index (χ2v) is 9.75. The van der Waals surface area contributed by atoms with Gasteiger partial charge in [0.25, 0.3) is 5.91 Å². The van der Waals surface area contributed by atoms with Gasteiger partial charge >= 0.3 is 0 Å². The molecule has 1 unspecified atom stereocenters. The van der Waals surface area contributed by atoms with E-state index in [4.69, 9.17) is 0 Å². The van der Waals surface area contributed by atoms with Crippen LogP contribution in [0.3, 0.4) is 0 Å². The summed E-state index contributed by atoms with van der Waals surface area (Å²) >= 11 is 1.60. The van der Waals surface area contributed by atoms with E-state index in [1.54, 1.807) is 30.0 Å². The zero-order chi connectivity index (χ0) is 24.8. The molecular weight excluding hydrogens is 465 g/mol. The van der Waals surface area contributed by atoms with E-state index in [-0.39, 0.29) is 11.8 Å². The fourth-order valence-electron chi connectivity index (χ4n) is 4.22. The number of nitrogens with one attached hydrogen (secondary N) is 2. The first-order chi connectivity index (χ1) is 17.0. The highest BCUT2D eigenvalue weighted by Gasteiger charge is 2.23. The average molecular weight is 496 g/mol. The minimum Gasteiger partial charge on any atom is -0.340 e. The number of fused-ring (bicyclic) bond motifs is 1. The van der Waals surface area contributed by atoms with E-state index in [0.717, 1.165) is 43.6 Å². The molecule has 2 aromatic carbocycles. The molecule has 2 amide bonds. The molecule has 4 rings (SSSR count). The highest BCUT2D eigenvalue weighted by Crippen LogP contribution is 2.27. The number of rotatable bonds is 8. The Morgan fingerprint density at radius 3 is 2.80 bits per heavy atom. The molecule has 1 aromatic heterocycles. The van der Waals surface area contributed by atoms with Gasteiger partial charge in [-0.2, -0.15) is 11.8 Å². The van der Waals surface area contributed by atoms with Gasteiger partial charge in [-0.15, -0.1) is 10.2 Å². The van der Waals surface area contributed by atoms with Crippen LogP contribution in [0, 0.1) is 12.7 Å². The lowest BCUT2D eigenvalue weighted by Gasteiger charge is -2.19. The monoisotopic (exact) mass is 495 g/mol. The SMILES string of the molecule is CSCCC(NC(=O)c1cccc(C)c1)C(=O)Nc1ccc(F)c(-c2nnc3n2CCCCC3)c1. The maximum atomic E-state index is 14.8. The van der Waals surface area contributed by atoms with Gasteiger partial charge in [0, 0.05) is 24.2 Å². The lowest BCUT2D eigenvalue weighted by molar-refractivity contribution is -0.118. The minimum absolute atomic E-state index is 0.299. The van der Waals surface area contributed by atoms with E-state index in [1.807, 2.05) is 29.9 Å². The van der Waals surface area contributed by atoms with E-state index >= 15 is 0 Å². The summed E-state index contributed by atoms with van der Waals surface area (Å²) in [6.45, 7) is 2.66. The zero-order valence-electron chi connectivity index (χ0n) is 20.0. The van der Waals surface area contributed by atoms with Gasteiger partial charge in [-0.05, 0) is 68.5 Å². The van der Waals surface area contributed by atoms with Gasteiger partial charge in [0.2, 0.25) is 5.91 Å². The lowest BCUT2D eigenvalue weighted by Crippen LogP contribution is -2.44. The van der Waals surface area contributed by atoms with Crippen LogP contribution >= 0.6 is 11.8 Å². The molecule has 184 valence electrons. The van der Waals surface area contributed by atoms with Gasteiger partial charge in [0.1, 0.15) is 17.7 Å². The molecule has 35 heavy (non-hydrogen) atoms. The molecular formula is C26H30FN5O2S. The zero-order valence-corrected chi connectivity index (χ0v) is 20.8. The molecule has 0 fully saturated rings. The van der Waals surface area contributed by atoms with Crippen molar-refractivity contribution in [3.05, 3.63) is 65.2 Å². The topological polar surface area (TPSA) is 88.9 Å². The number of benzene rings is 2. The van der Waals surface area contributed by atoms with Gasteiger partial charge in [-0.25, -0.2) is 4.39 Å². The number of aromatic nitrogens is 3. The van der Waals surface area contributed by atoms with Crippen LogP contribution in [-0.4, -0.2) is 44.6 Å². The third-order valence-corrected chi connectivity index (χ3v) is 6.74. The van der Waals surface area contributed by atoms with Crippen molar-refractivity contribution in [3.8, 4) is 11.4 Å². The van der Waals surface area contributed by atoms with Gasteiger partial charge < -0.3 is 15.2 Å². The first-order valence-corrected chi connectivity index (χ1v) is 13.2. The van der Waals surface area contributed by atoms with Crippen LogP contribution in [0.4, 0.5) is 10.1 Å². The summed E-state index contributed by atoms with van der Waals surface area (Å²) in [6, 6.07) is 10.9. The van der Waals surface area contributed by atoms with Crippen LogP contribution in [-0.2, 0) is 17.8 Å². The number of anilines is 1. The van der Waals surface area contributed by atoms with Gasteiger partial charge in [-0.3, -0.25) is 9.59 Å². The molecule has 1 aliphatic rings. The number of carbonyl (C=O) groups excluding carboxylic acids is 2. The highest BCUT2D eigenvalue weighted by atomic mass is 32.2. The van der Waals surface area contributed by atoms with Crippen LogP contribution < -0.4 is 10.6 Å². The van der Waals surface area contributed by atoms with Crippen molar-refractivity contribution in [2.24, 2.45) is 0 Å². The molecule has 0 spiro atoms. The van der Waals surface area contributed by atoms with E-state index in [0.29, 0.717) is 34.8 Å². The fourth-order valence-corrected chi connectivity index (χ4v) is 4.69. The number of hydrogen-bond acceptors (Lipinski definition) is 5. The van der Waals surface area contributed by atoms with Crippen LogP contribution in [0.15, 0.2) is 42.5 Å². The maximum absolute atomic E-state index is 14.8. The van der Waals surface area contributed by atoms with Gasteiger partial charge in [0.15, 0.2) is 5.82 Å². The highest BCUT2D eigenvalue weighted by molar-refractivity contribution is 7.98. The average Bonchev–Trinajstić information content (AvgIpc) is 3.10. The molecule has 0 bridgehead atoms. The third kappa shape index (κ3) is 6.08. The normalized spacial score (nSPS) is 14.0. The largest absolute Gasteiger partial charge is 0.340 e. The number of amides is 2. The molecule has 9 heteroatoms. The van der Waals surface area contributed by atoms with E-state index in [2.05, 4.69) is 20.8 Å². The Morgan fingerprint density at radius 2 is 2.00 bits per heavy atom. The Labute approximate surface area is 208 Å². The number of thioether (sulfide) groups is 1. The van der Waals surface area contributed by atoms with Crippen LogP contribution in [0.25, 0.3) is 11.4 Å². The summed E-state index contributed by atoms with van der Waals surface area (Å²) in [5.41, 5.74) is 2.21. The molecule has 3 aromatic rings. The van der Waals surface area contributed by atoms with Crippen LogP contribution in [0.2, 0.25) is 0 Å². The Kier molecular flexibility index (Phi) is 8.17. The van der Waals surface area contributed by atoms with Crippen molar-refractivity contribution >= 4 is 29.3 Å². The summed E-state index contributed by atoms with van der Waals surface area (Å²) in [7, 11) is 0. The van der Waals surface area contributed by atoms with Crippen molar-refractivity contribution in [2.45, 2.75) is 51.6 Å². The van der Waals surface area contributed by atoms with E-state index in [1.165, 1.54) is 12.1 Å². The standard InChI is InChI=1S/C26H30FN5O2S/c1-17-7-6-8-18(15-17)25(33)29-22(12-14-35-2)26(34)28-19-10-11-21(27)20(16-19)24-31-30-23-9-4-3-5-13-32(23)24/h6-8,10-11,15-16,22H,3-5,9,12-14H2,1-2H3,(H,28,34)(H,29,33). The smallest absolute Gasteiger partial charge is 0.251 e. The Balaban J connectivity index is 1.53. The Morgan fingerprint density at radius 1 is 1.14 bits per heavy atom. The van der Waals surface area contributed by atoms with Crippen molar-refractivity contribution in [2.75, 3.05) is 17.3 Å². The number of hydrogen-bond donors (Lipinski definition) is 2. The summed E-state index contributed by atoms with van der Waals surface area (Å²) in [5, 5.41) is 14.2. The molecule has 0 radical (unpaired) electrons. The van der Waals surface area contributed by atoms with Crippen molar-refractivity contribution in [3.63, 3.8) is 0 Å². The number of nitrogens with zero attached hydrogens (tertiary/aromatic N) is 3. The molecule has 2 N–H and O–H groups in total. The quantitative estimate of drug-likeness (QED) is 0.477. The van der Waals surface area contributed by atoms with Gasteiger partial charge in [-0.1, -0.05) is 24.1 Å². The predicted octanol–water partition coefficient (Wildman–Crippen LogP) is 4.61. The molecule has 0 saturated heterocycles. The lowest BCUT2D eigenvalue weighted by atomic mass is 10.1. The Bertz CT molecular complexity index is 1210. The molecule has 0 aliphatic carbocycles. The Hall–Kier alpha value is -3.20. The van der Waals surface area contributed by atoms with Crippen molar-refractivity contribution in [1.82, 2.24) is 20.1 Å². The predicted molar refractivity (Wildman–Crippen MR) is 137 cm³/mol. The summed E-state index contributed by atoms with van der Waals surface area (Å²) < 4.78 is 16.8. The number of halogens is 1. The second-order valence-electron chi connectivity index (χ2n) is 8.76. The number of carbonyl (C=O) groups is 2. The molecule has 1 atom stereocenters. The first kappa shape index (κ1) is 24.9. The maximum Gasteiger partial charge on any atom is 0.251 e. The van der Waals surface area contributed by atoms with Crippen LogP contribution in [0.1, 0.15) is 47.4 Å². The van der Waals surface area contributed by atoms with Crippen molar-refractivity contribution in [1.29, 1.82) is 0 Å². The van der Waals surface area contributed by atoms with Crippen molar-refractivity contribution < 1.29 is 14.0 Å². The van der Waals surface area contributed by atoms with Crippen LogP contribution in [0.5, 0.6) is 0 Å². The minimum atomic E-state index is -0.728. The number of aryl methyl sites for hydroxylation is 2. The summed E-state index contributed by atoms with van der Waals surface area (Å²) in [5.74, 6) is 0.962. The fraction of sp³-hybridized carbons (Fsp3) is 0.385. The third-order valence-electron chi connectivity index (χ3n) is 6.10. The second kappa shape index (κ2) is 11.5. The molecule has 7 nitrogen and oxygen atoms in total. The molecule has 0 saturated carbocycles.